The minimum Gasteiger partial charge on any atom is -0.295 e. The first kappa shape index (κ1) is 13.3. The zero-order valence-electron chi connectivity index (χ0n) is 9.63. The maximum absolute atomic E-state index is 13.4. The minimum atomic E-state index is -0.323. The maximum Gasteiger partial charge on any atom is 0.142 e. The Morgan fingerprint density at radius 1 is 1.41 bits per heavy atom. The summed E-state index contributed by atoms with van der Waals surface area (Å²) in [4.78, 5) is 2.42. The van der Waals surface area contributed by atoms with E-state index in [0.29, 0.717) is 6.04 Å². The molecule has 1 aliphatic rings. The van der Waals surface area contributed by atoms with E-state index in [1.54, 1.807) is 12.1 Å². The third-order valence-corrected chi connectivity index (χ3v) is 4.35. The number of nitrogens with zero attached hydrogens (tertiary/aromatic N) is 1. The van der Waals surface area contributed by atoms with Crippen LogP contribution >= 0.6 is 27.5 Å². The van der Waals surface area contributed by atoms with E-state index in [0.717, 1.165) is 24.0 Å². The normalized spacial score (nSPS) is 21.7. The monoisotopic (exact) mass is 319 g/mol. The van der Waals surface area contributed by atoms with E-state index in [2.05, 4.69) is 20.8 Å². The van der Waals surface area contributed by atoms with Gasteiger partial charge in [0.1, 0.15) is 5.82 Å². The Balaban J connectivity index is 2.05. The second-order valence-electron chi connectivity index (χ2n) is 4.52. The highest BCUT2D eigenvalue weighted by atomic mass is 79.9. The van der Waals surface area contributed by atoms with Crippen molar-refractivity contribution >= 4 is 27.5 Å². The zero-order chi connectivity index (χ0) is 12.3. The highest BCUT2D eigenvalue weighted by Crippen LogP contribution is 2.22. The Morgan fingerprint density at radius 2 is 2.24 bits per heavy atom. The van der Waals surface area contributed by atoms with Crippen LogP contribution in [-0.4, -0.2) is 22.8 Å². The molecule has 1 aliphatic heterocycles. The number of piperidine rings is 1. The van der Waals surface area contributed by atoms with Crippen molar-refractivity contribution < 1.29 is 4.39 Å². The Bertz CT molecular complexity index is 386. The molecule has 0 radical (unpaired) electrons. The van der Waals surface area contributed by atoms with Crippen molar-refractivity contribution in [2.45, 2.75) is 31.8 Å². The number of hydrogen-bond donors (Lipinski definition) is 0. The van der Waals surface area contributed by atoms with Crippen LogP contribution in [0.4, 0.5) is 4.39 Å². The van der Waals surface area contributed by atoms with Gasteiger partial charge >= 0.3 is 0 Å². The van der Waals surface area contributed by atoms with Crippen molar-refractivity contribution in [3.05, 3.63) is 34.6 Å². The molecule has 94 valence electrons. The molecule has 4 heteroatoms. The van der Waals surface area contributed by atoms with Crippen molar-refractivity contribution in [1.29, 1.82) is 0 Å². The Kier molecular flexibility index (Phi) is 4.83. The summed E-state index contributed by atoms with van der Waals surface area (Å²) in [7, 11) is 0. The third-order valence-electron chi connectivity index (χ3n) is 3.30. The van der Waals surface area contributed by atoms with Gasteiger partial charge in [-0.1, -0.05) is 40.0 Å². The molecule has 0 N–H and O–H groups in total. The van der Waals surface area contributed by atoms with Gasteiger partial charge in [0.05, 0.1) is 5.02 Å². The molecule has 1 unspecified atom stereocenters. The zero-order valence-corrected chi connectivity index (χ0v) is 12.0. The van der Waals surface area contributed by atoms with Gasteiger partial charge in [-0.25, -0.2) is 4.39 Å². The molecular formula is C13H16BrClFN. The van der Waals surface area contributed by atoms with Crippen LogP contribution in [-0.2, 0) is 6.54 Å². The van der Waals surface area contributed by atoms with Crippen molar-refractivity contribution in [3.8, 4) is 0 Å². The molecule has 1 saturated heterocycles. The van der Waals surface area contributed by atoms with Crippen LogP contribution in [0.5, 0.6) is 0 Å². The summed E-state index contributed by atoms with van der Waals surface area (Å²) in [5, 5.41) is 1.19. The van der Waals surface area contributed by atoms with E-state index in [4.69, 9.17) is 11.6 Å². The van der Waals surface area contributed by atoms with E-state index in [1.165, 1.54) is 19.3 Å². The molecule has 0 amide bonds. The fourth-order valence-electron chi connectivity index (χ4n) is 2.32. The summed E-state index contributed by atoms with van der Waals surface area (Å²) >= 11 is 9.24. The molecule has 1 nitrogen and oxygen atoms in total. The summed E-state index contributed by atoms with van der Waals surface area (Å²) < 4.78 is 13.4. The molecule has 0 bridgehead atoms. The molecule has 2 rings (SSSR count). The second kappa shape index (κ2) is 6.17. The van der Waals surface area contributed by atoms with Crippen LogP contribution in [0.1, 0.15) is 24.8 Å². The van der Waals surface area contributed by atoms with Crippen LogP contribution in [0.25, 0.3) is 0 Å². The van der Waals surface area contributed by atoms with Crippen LogP contribution in [0.3, 0.4) is 0 Å². The summed E-state index contributed by atoms with van der Waals surface area (Å²) in [6.45, 7) is 1.91. The first-order chi connectivity index (χ1) is 8.20. The number of halogens is 3. The predicted octanol–water partition coefficient (Wildman–Crippen LogP) is 4.23. The molecule has 1 atom stereocenters. The van der Waals surface area contributed by atoms with Crippen molar-refractivity contribution in [3.63, 3.8) is 0 Å². The summed E-state index contributed by atoms with van der Waals surface area (Å²) in [6, 6.07) is 5.66. The molecule has 17 heavy (non-hydrogen) atoms. The predicted molar refractivity (Wildman–Crippen MR) is 73.3 cm³/mol. The fourth-order valence-corrected chi connectivity index (χ4v) is 3.17. The molecule has 1 fully saturated rings. The summed E-state index contributed by atoms with van der Waals surface area (Å²) in [6.07, 6.45) is 3.75. The largest absolute Gasteiger partial charge is 0.295 e. The quantitative estimate of drug-likeness (QED) is 0.753. The number of hydrogen-bond acceptors (Lipinski definition) is 1. The van der Waals surface area contributed by atoms with Crippen molar-refractivity contribution in [2.75, 3.05) is 11.9 Å². The Morgan fingerprint density at radius 3 is 2.94 bits per heavy atom. The lowest BCUT2D eigenvalue weighted by molar-refractivity contribution is 0.156. The molecule has 1 aromatic rings. The van der Waals surface area contributed by atoms with Crippen LogP contribution < -0.4 is 0 Å². The molecule has 1 aromatic carbocycles. The topological polar surface area (TPSA) is 3.24 Å². The molecule has 0 aromatic heterocycles. The first-order valence-electron chi connectivity index (χ1n) is 5.94. The summed E-state index contributed by atoms with van der Waals surface area (Å²) in [5.41, 5.74) is 1.000. The average Bonchev–Trinajstić information content (AvgIpc) is 2.34. The van der Waals surface area contributed by atoms with Gasteiger partial charge in [0.2, 0.25) is 0 Å². The lowest BCUT2D eigenvalue weighted by atomic mass is 10.0. The average molecular weight is 321 g/mol. The first-order valence-corrected chi connectivity index (χ1v) is 7.44. The van der Waals surface area contributed by atoms with E-state index >= 15 is 0 Å². The molecule has 1 heterocycles. The molecule has 0 aliphatic carbocycles. The highest BCUT2D eigenvalue weighted by molar-refractivity contribution is 9.09. The number of alkyl halides is 1. The smallest absolute Gasteiger partial charge is 0.142 e. The Hall–Kier alpha value is -0.120. The van der Waals surface area contributed by atoms with Gasteiger partial charge < -0.3 is 0 Å². The lowest BCUT2D eigenvalue weighted by Crippen LogP contribution is -2.39. The molecule has 0 spiro atoms. The van der Waals surface area contributed by atoms with E-state index in [1.807, 2.05) is 6.07 Å². The van der Waals surface area contributed by atoms with Crippen LogP contribution in [0.2, 0.25) is 5.02 Å². The third kappa shape index (κ3) is 3.43. The maximum atomic E-state index is 13.4. The summed E-state index contributed by atoms with van der Waals surface area (Å²) in [5.74, 6) is -0.323. The van der Waals surface area contributed by atoms with Gasteiger partial charge in [-0.05, 0) is 37.1 Å². The van der Waals surface area contributed by atoms with Gasteiger partial charge in [-0.15, -0.1) is 0 Å². The second-order valence-corrected chi connectivity index (χ2v) is 5.58. The van der Waals surface area contributed by atoms with Crippen molar-refractivity contribution in [1.82, 2.24) is 4.90 Å². The van der Waals surface area contributed by atoms with Gasteiger partial charge in [0, 0.05) is 17.9 Å². The minimum absolute atomic E-state index is 0.199. The van der Waals surface area contributed by atoms with Gasteiger partial charge in [0.25, 0.3) is 0 Å². The van der Waals surface area contributed by atoms with Gasteiger partial charge in [-0.2, -0.15) is 0 Å². The molecule has 0 saturated carbocycles. The van der Waals surface area contributed by atoms with Crippen LogP contribution in [0.15, 0.2) is 18.2 Å². The standard InChI is InChI=1S/C13H16BrClFN/c14-8-11-3-1-2-6-17(11)9-10-4-5-12(15)13(16)7-10/h4-5,7,11H,1-3,6,8-9H2. The number of rotatable bonds is 3. The fraction of sp³-hybridized carbons (Fsp3) is 0.538. The highest BCUT2D eigenvalue weighted by Gasteiger charge is 2.21. The van der Waals surface area contributed by atoms with Crippen LogP contribution in [0, 0.1) is 5.82 Å². The Labute approximate surface area is 115 Å². The lowest BCUT2D eigenvalue weighted by Gasteiger charge is -2.34. The number of likely N-dealkylation sites (tertiary alicyclic amines) is 1. The van der Waals surface area contributed by atoms with E-state index in [-0.39, 0.29) is 10.8 Å². The number of benzene rings is 1. The molecular weight excluding hydrogens is 305 g/mol. The SMILES string of the molecule is Fc1cc(CN2CCCCC2CBr)ccc1Cl. The van der Waals surface area contributed by atoms with Crippen molar-refractivity contribution in [2.24, 2.45) is 0 Å². The van der Waals surface area contributed by atoms with Gasteiger partial charge in [-0.3, -0.25) is 4.90 Å². The van der Waals surface area contributed by atoms with E-state index in [9.17, 15) is 4.39 Å². The van der Waals surface area contributed by atoms with E-state index < -0.39 is 0 Å². The van der Waals surface area contributed by atoms with Gasteiger partial charge in [0.15, 0.2) is 0 Å².